The molecule has 1 aromatic carbocycles. The lowest BCUT2D eigenvalue weighted by Crippen LogP contribution is -2.48. The van der Waals surface area contributed by atoms with Crippen LogP contribution in [0.25, 0.3) is 0 Å². The summed E-state index contributed by atoms with van der Waals surface area (Å²) in [6.07, 6.45) is -0.231. The average Bonchev–Trinajstić information content (AvgIpc) is 2.26. The molecule has 6 heteroatoms. The molecule has 0 aliphatic heterocycles. The molecule has 0 heterocycles. The SMILES string of the molecule is CC(CN(C(=N)N)C(=N)N)Oc1ccccc1. The summed E-state index contributed by atoms with van der Waals surface area (Å²) >= 11 is 0. The van der Waals surface area contributed by atoms with Gasteiger partial charge in [-0.25, -0.2) is 0 Å². The third kappa shape index (κ3) is 4.02. The Labute approximate surface area is 100 Å². The second-order valence-electron chi connectivity index (χ2n) is 3.62. The molecule has 1 unspecified atom stereocenters. The van der Waals surface area contributed by atoms with Crippen molar-refractivity contribution >= 4 is 11.9 Å². The van der Waals surface area contributed by atoms with Crippen LogP contribution >= 0.6 is 0 Å². The van der Waals surface area contributed by atoms with Gasteiger partial charge in [-0.15, -0.1) is 0 Å². The first-order valence-electron chi connectivity index (χ1n) is 5.18. The fourth-order valence-electron chi connectivity index (χ4n) is 1.35. The van der Waals surface area contributed by atoms with E-state index in [-0.39, 0.29) is 24.6 Å². The molecule has 6 nitrogen and oxygen atoms in total. The van der Waals surface area contributed by atoms with Crippen molar-refractivity contribution in [2.75, 3.05) is 6.54 Å². The second kappa shape index (κ2) is 5.74. The lowest BCUT2D eigenvalue weighted by molar-refractivity contribution is 0.202. The van der Waals surface area contributed by atoms with E-state index in [4.69, 9.17) is 27.0 Å². The summed E-state index contributed by atoms with van der Waals surface area (Å²) in [4.78, 5) is 1.17. The van der Waals surface area contributed by atoms with Crippen molar-refractivity contribution in [3.8, 4) is 5.75 Å². The molecule has 17 heavy (non-hydrogen) atoms. The van der Waals surface area contributed by atoms with Gasteiger partial charge < -0.3 is 16.2 Å². The van der Waals surface area contributed by atoms with Gasteiger partial charge in [0.1, 0.15) is 11.9 Å². The summed E-state index contributed by atoms with van der Waals surface area (Å²) in [6.45, 7) is 2.09. The molecular weight excluding hydrogens is 218 g/mol. The minimum atomic E-state index is -0.263. The van der Waals surface area contributed by atoms with Crippen LogP contribution in [0.15, 0.2) is 30.3 Å². The number of para-hydroxylation sites is 1. The molecule has 1 atom stereocenters. The summed E-state index contributed by atoms with van der Waals surface area (Å²) in [7, 11) is 0. The van der Waals surface area contributed by atoms with Crippen molar-refractivity contribution in [3.63, 3.8) is 0 Å². The molecule has 0 aliphatic rings. The summed E-state index contributed by atoms with van der Waals surface area (Å²) in [5.74, 6) is 0.203. The largest absolute Gasteiger partial charge is 0.489 e. The molecule has 0 aromatic heterocycles. The van der Waals surface area contributed by atoms with Crippen LogP contribution in [-0.2, 0) is 0 Å². The molecule has 0 bridgehead atoms. The van der Waals surface area contributed by atoms with E-state index in [2.05, 4.69) is 0 Å². The fourth-order valence-corrected chi connectivity index (χ4v) is 1.35. The molecule has 0 amide bonds. The standard InChI is InChI=1S/C11H17N5O/c1-8(7-16(10(12)13)11(14)15)17-9-5-3-2-4-6-9/h2-6,8H,7H2,1H3,(H3,12,13)(H3,14,15). The van der Waals surface area contributed by atoms with E-state index in [1.807, 2.05) is 37.3 Å². The molecular formula is C11H17N5O. The van der Waals surface area contributed by atoms with E-state index in [0.29, 0.717) is 0 Å². The van der Waals surface area contributed by atoms with Crippen LogP contribution in [0.5, 0.6) is 5.75 Å². The van der Waals surface area contributed by atoms with E-state index in [9.17, 15) is 0 Å². The monoisotopic (exact) mass is 235 g/mol. The van der Waals surface area contributed by atoms with Gasteiger partial charge in [-0.2, -0.15) is 0 Å². The molecule has 0 saturated heterocycles. The van der Waals surface area contributed by atoms with Crippen molar-refractivity contribution < 1.29 is 4.74 Å². The molecule has 0 aliphatic carbocycles. The van der Waals surface area contributed by atoms with Gasteiger partial charge in [0, 0.05) is 0 Å². The molecule has 92 valence electrons. The average molecular weight is 235 g/mol. The molecule has 6 N–H and O–H groups in total. The lowest BCUT2D eigenvalue weighted by Gasteiger charge is -2.24. The highest BCUT2D eigenvalue weighted by atomic mass is 16.5. The van der Waals surface area contributed by atoms with Crippen LogP contribution < -0.4 is 16.2 Å². The molecule has 0 spiro atoms. The summed E-state index contributed by atoms with van der Waals surface area (Å²) < 4.78 is 5.60. The van der Waals surface area contributed by atoms with E-state index in [1.54, 1.807) is 0 Å². The van der Waals surface area contributed by atoms with Gasteiger partial charge in [0.05, 0.1) is 6.54 Å². The Kier molecular flexibility index (Phi) is 4.33. The zero-order chi connectivity index (χ0) is 12.8. The number of rotatable bonds is 4. The summed E-state index contributed by atoms with van der Waals surface area (Å²) in [5.41, 5.74) is 10.6. The van der Waals surface area contributed by atoms with Crippen molar-refractivity contribution in [3.05, 3.63) is 30.3 Å². The summed E-state index contributed by atoms with van der Waals surface area (Å²) in [6, 6.07) is 9.31. The van der Waals surface area contributed by atoms with E-state index >= 15 is 0 Å². The van der Waals surface area contributed by atoms with Crippen molar-refractivity contribution in [2.24, 2.45) is 11.5 Å². The Hall–Kier alpha value is -2.24. The van der Waals surface area contributed by atoms with E-state index < -0.39 is 0 Å². The van der Waals surface area contributed by atoms with Gasteiger partial charge in [-0.1, -0.05) is 18.2 Å². The quantitative estimate of drug-likeness (QED) is 0.450. The number of benzene rings is 1. The third-order valence-corrected chi connectivity index (χ3v) is 2.10. The van der Waals surface area contributed by atoms with Crippen LogP contribution in [0.2, 0.25) is 0 Å². The Balaban J connectivity index is 2.57. The number of guanidine groups is 2. The van der Waals surface area contributed by atoms with Gasteiger partial charge in [-0.05, 0) is 19.1 Å². The summed E-state index contributed by atoms with van der Waals surface area (Å²) in [5, 5.41) is 14.6. The number of nitrogens with zero attached hydrogens (tertiary/aromatic N) is 1. The number of hydrogen-bond acceptors (Lipinski definition) is 3. The fraction of sp³-hybridized carbons (Fsp3) is 0.273. The number of ether oxygens (including phenoxy) is 1. The van der Waals surface area contributed by atoms with Crippen molar-refractivity contribution in [2.45, 2.75) is 13.0 Å². The molecule has 1 rings (SSSR count). The van der Waals surface area contributed by atoms with Crippen molar-refractivity contribution in [1.29, 1.82) is 10.8 Å². The smallest absolute Gasteiger partial charge is 0.195 e. The predicted octanol–water partition coefficient (Wildman–Crippen LogP) is 0.543. The van der Waals surface area contributed by atoms with Gasteiger partial charge >= 0.3 is 0 Å². The Morgan fingerprint density at radius 1 is 1.24 bits per heavy atom. The van der Waals surface area contributed by atoms with Crippen molar-refractivity contribution in [1.82, 2.24) is 4.90 Å². The number of nitrogens with one attached hydrogen (secondary N) is 2. The topological polar surface area (TPSA) is 112 Å². The number of hydrogen-bond donors (Lipinski definition) is 4. The highest BCUT2D eigenvalue weighted by molar-refractivity contribution is 5.94. The highest BCUT2D eigenvalue weighted by Gasteiger charge is 2.15. The zero-order valence-electron chi connectivity index (χ0n) is 9.68. The molecule has 0 fully saturated rings. The van der Waals surface area contributed by atoms with Gasteiger partial charge in [-0.3, -0.25) is 15.7 Å². The van der Waals surface area contributed by atoms with Crippen LogP contribution in [-0.4, -0.2) is 29.5 Å². The lowest BCUT2D eigenvalue weighted by atomic mass is 10.3. The van der Waals surface area contributed by atoms with Gasteiger partial charge in [0.15, 0.2) is 11.9 Å². The first-order valence-corrected chi connectivity index (χ1v) is 5.18. The predicted molar refractivity (Wildman–Crippen MR) is 67.1 cm³/mol. The normalized spacial score (nSPS) is 11.6. The molecule has 1 aromatic rings. The van der Waals surface area contributed by atoms with Crippen LogP contribution in [0.4, 0.5) is 0 Å². The minimum absolute atomic E-state index is 0.231. The maximum Gasteiger partial charge on any atom is 0.195 e. The Morgan fingerprint density at radius 2 is 1.76 bits per heavy atom. The zero-order valence-corrected chi connectivity index (χ0v) is 9.68. The number of nitrogens with two attached hydrogens (primary N) is 2. The highest BCUT2D eigenvalue weighted by Crippen LogP contribution is 2.11. The van der Waals surface area contributed by atoms with Crippen LogP contribution in [0.3, 0.4) is 0 Å². The minimum Gasteiger partial charge on any atom is -0.489 e. The molecule has 0 saturated carbocycles. The van der Waals surface area contributed by atoms with Gasteiger partial charge in [0.25, 0.3) is 0 Å². The Bertz CT molecular complexity index is 378. The van der Waals surface area contributed by atoms with Crippen LogP contribution in [0, 0.1) is 10.8 Å². The van der Waals surface area contributed by atoms with E-state index in [1.165, 1.54) is 4.90 Å². The van der Waals surface area contributed by atoms with E-state index in [0.717, 1.165) is 5.75 Å². The first kappa shape index (κ1) is 12.8. The Morgan fingerprint density at radius 3 is 2.24 bits per heavy atom. The van der Waals surface area contributed by atoms with Crippen LogP contribution in [0.1, 0.15) is 6.92 Å². The third-order valence-electron chi connectivity index (χ3n) is 2.10. The van der Waals surface area contributed by atoms with Gasteiger partial charge in [0.2, 0.25) is 0 Å². The maximum absolute atomic E-state index is 7.28. The second-order valence-corrected chi connectivity index (χ2v) is 3.62. The maximum atomic E-state index is 7.28. The molecule has 0 radical (unpaired) electrons. The first-order chi connectivity index (χ1) is 8.00.